The molecule has 1 heterocycles. The van der Waals surface area contributed by atoms with E-state index >= 15 is 0 Å². The molecular weight excluding hydrogens is 264 g/mol. The lowest BCUT2D eigenvalue weighted by Crippen LogP contribution is -2.59. The first-order chi connectivity index (χ1) is 10.2. The summed E-state index contributed by atoms with van der Waals surface area (Å²) >= 11 is 0. The van der Waals surface area contributed by atoms with Crippen molar-refractivity contribution in [2.75, 3.05) is 13.1 Å². The van der Waals surface area contributed by atoms with Crippen LogP contribution < -0.4 is 5.32 Å². The molecule has 2 amide bonds. The van der Waals surface area contributed by atoms with Crippen LogP contribution in [0, 0.1) is 5.92 Å². The van der Waals surface area contributed by atoms with Crippen molar-refractivity contribution >= 4 is 11.8 Å². The van der Waals surface area contributed by atoms with Crippen molar-refractivity contribution < 1.29 is 9.59 Å². The van der Waals surface area contributed by atoms with E-state index in [0.29, 0.717) is 5.92 Å². The second-order valence-corrected chi connectivity index (χ2v) is 6.56. The molecule has 21 heavy (non-hydrogen) atoms. The van der Waals surface area contributed by atoms with Gasteiger partial charge in [0.1, 0.15) is 6.04 Å². The zero-order valence-corrected chi connectivity index (χ0v) is 13.4. The summed E-state index contributed by atoms with van der Waals surface area (Å²) in [6.07, 6.45) is 12.3. The Kier molecular flexibility index (Phi) is 6.52. The van der Waals surface area contributed by atoms with E-state index in [0.717, 1.165) is 25.8 Å². The summed E-state index contributed by atoms with van der Waals surface area (Å²) in [5, 5.41) is 2.73. The Hall–Kier alpha value is -1.06. The highest BCUT2D eigenvalue weighted by Crippen LogP contribution is 2.36. The SMILES string of the molecule is CCCCCCCCCCN1C(=O)CNC(=O)C1C1CC1. The number of nitrogens with zero attached hydrogens (tertiary/aromatic N) is 1. The maximum Gasteiger partial charge on any atom is 0.243 e. The third-order valence-electron chi connectivity index (χ3n) is 4.66. The van der Waals surface area contributed by atoms with Gasteiger partial charge in [-0.15, -0.1) is 0 Å². The highest BCUT2D eigenvalue weighted by molar-refractivity contribution is 5.95. The van der Waals surface area contributed by atoms with Crippen LogP contribution in [0.2, 0.25) is 0 Å². The second kappa shape index (κ2) is 8.40. The predicted molar refractivity (Wildman–Crippen MR) is 83.8 cm³/mol. The first kappa shape index (κ1) is 16.3. The monoisotopic (exact) mass is 294 g/mol. The minimum absolute atomic E-state index is 0.0664. The summed E-state index contributed by atoms with van der Waals surface area (Å²) < 4.78 is 0. The lowest BCUT2D eigenvalue weighted by Gasteiger charge is -2.35. The van der Waals surface area contributed by atoms with Crippen LogP contribution in [0.4, 0.5) is 0 Å². The first-order valence-corrected chi connectivity index (χ1v) is 8.81. The quantitative estimate of drug-likeness (QED) is 0.630. The van der Waals surface area contributed by atoms with Gasteiger partial charge in [-0.05, 0) is 25.2 Å². The Balaban J connectivity index is 1.63. The van der Waals surface area contributed by atoms with E-state index in [-0.39, 0.29) is 24.4 Å². The average Bonchev–Trinajstić information content (AvgIpc) is 3.29. The normalized spacial score (nSPS) is 22.5. The molecule has 120 valence electrons. The third kappa shape index (κ3) is 5.01. The number of rotatable bonds is 10. The van der Waals surface area contributed by atoms with E-state index in [1.807, 2.05) is 4.90 Å². The molecule has 0 bridgehead atoms. The molecular formula is C17H30N2O2. The molecule has 2 aliphatic rings. The van der Waals surface area contributed by atoms with Crippen LogP contribution >= 0.6 is 0 Å². The van der Waals surface area contributed by atoms with Gasteiger partial charge in [0, 0.05) is 6.54 Å². The molecule has 1 unspecified atom stereocenters. The van der Waals surface area contributed by atoms with Crippen molar-refractivity contribution in [3.8, 4) is 0 Å². The number of hydrogen-bond acceptors (Lipinski definition) is 2. The van der Waals surface area contributed by atoms with Crippen LogP contribution in [0.3, 0.4) is 0 Å². The van der Waals surface area contributed by atoms with Crippen LogP contribution in [0.15, 0.2) is 0 Å². The standard InChI is InChI=1S/C17H30N2O2/c1-2-3-4-5-6-7-8-9-12-19-15(20)13-18-17(21)16(19)14-10-11-14/h14,16H,2-13H2,1H3,(H,18,21). The molecule has 4 nitrogen and oxygen atoms in total. The minimum Gasteiger partial charge on any atom is -0.345 e. The van der Waals surface area contributed by atoms with Gasteiger partial charge in [0.05, 0.1) is 6.54 Å². The van der Waals surface area contributed by atoms with E-state index in [2.05, 4.69) is 12.2 Å². The molecule has 1 atom stereocenters. The predicted octanol–water partition coefficient (Wildman–Crippen LogP) is 2.86. The summed E-state index contributed by atoms with van der Waals surface area (Å²) in [4.78, 5) is 25.8. The molecule has 1 saturated carbocycles. The zero-order chi connectivity index (χ0) is 15.1. The van der Waals surface area contributed by atoms with Crippen molar-refractivity contribution in [3.05, 3.63) is 0 Å². The van der Waals surface area contributed by atoms with Gasteiger partial charge in [-0.1, -0.05) is 51.9 Å². The van der Waals surface area contributed by atoms with Crippen molar-refractivity contribution in [1.82, 2.24) is 10.2 Å². The van der Waals surface area contributed by atoms with Crippen LogP contribution in [-0.2, 0) is 9.59 Å². The Morgan fingerprint density at radius 3 is 2.24 bits per heavy atom. The number of unbranched alkanes of at least 4 members (excludes halogenated alkanes) is 7. The lowest BCUT2D eigenvalue weighted by molar-refractivity contribution is -0.146. The topological polar surface area (TPSA) is 49.4 Å². The van der Waals surface area contributed by atoms with E-state index in [1.54, 1.807) is 0 Å². The first-order valence-electron chi connectivity index (χ1n) is 8.81. The van der Waals surface area contributed by atoms with Crippen molar-refractivity contribution in [1.29, 1.82) is 0 Å². The van der Waals surface area contributed by atoms with Gasteiger partial charge in [-0.25, -0.2) is 0 Å². The summed E-state index contributed by atoms with van der Waals surface area (Å²) in [6, 6.07) is -0.171. The smallest absolute Gasteiger partial charge is 0.243 e. The summed E-state index contributed by atoms with van der Waals surface area (Å²) in [5.41, 5.74) is 0. The van der Waals surface area contributed by atoms with E-state index in [4.69, 9.17) is 0 Å². The van der Waals surface area contributed by atoms with Gasteiger partial charge >= 0.3 is 0 Å². The van der Waals surface area contributed by atoms with Crippen molar-refractivity contribution in [3.63, 3.8) is 0 Å². The molecule has 2 rings (SSSR count). The summed E-state index contributed by atoms with van der Waals surface area (Å²) in [5.74, 6) is 0.592. The molecule has 1 saturated heterocycles. The van der Waals surface area contributed by atoms with Gasteiger partial charge in [-0.2, -0.15) is 0 Å². The number of hydrogen-bond donors (Lipinski definition) is 1. The molecule has 0 radical (unpaired) electrons. The third-order valence-corrected chi connectivity index (χ3v) is 4.66. The van der Waals surface area contributed by atoms with Crippen LogP contribution in [0.25, 0.3) is 0 Å². The maximum absolute atomic E-state index is 12.0. The largest absolute Gasteiger partial charge is 0.345 e. The van der Waals surface area contributed by atoms with Crippen molar-refractivity contribution in [2.24, 2.45) is 5.92 Å². The van der Waals surface area contributed by atoms with Crippen LogP contribution in [0.5, 0.6) is 0 Å². The molecule has 1 aliphatic carbocycles. The van der Waals surface area contributed by atoms with Gasteiger partial charge in [0.2, 0.25) is 11.8 Å². The Morgan fingerprint density at radius 2 is 1.62 bits per heavy atom. The molecule has 1 aliphatic heterocycles. The number of carbonyl (C=O) groups is 2. The van der Waals surface area contributed by atoms with Gasteiger partial charge < -0.3 is 10.2 Å². The highest BCUT2D eigenvalue weighted by atomic mass is 16.2. The molecule has 0 spiro atoms. The zero-order valence-electron chi connectivity index (χ0n) is 13.4. The maximum atomic E-state index is 12.0. The van der Waals surface area contributed by atoms with E-state index in [1.165, 1.54) is 44.9 Å². The fourth-order valence-electron chi connectivity index (χ4n) is 3.23. The average molecular weight is 294 g/mol. The fraction of sp³-hybridized carbons (Fsp3) is 0.882. The highest BCUT2D eigenvalue weighted by Gasteiger charge is 2.44. The number of nitrogens with one attached hydrogen (secondary N) is 1. The fourth-order valence-corrected chi connectivity index (χ4v) is 3.23. The molecule has 2 fully saturated rings. The van der Waals surface area contributed by atoms with Crippen LogP contribution in [0.1, 0.15) is 71.1 Å². The van der Waals surface area contributed by atoms with Crippen molar-refractivity contribution in [2.45, 2.75) is 77.2 Å². The number of carbonyl (C=O) groups excluding carboxylic acids is 2. The number of amides is 2. The van der Waals surface area contributed by atoms with Gasteiger partial charge in [-0.3, -0.25) is 9.59 Å². The van der Waals surface area contributed by atoms with Gasteiger partial charge in [0.15, 0.2) is 0 Å². The molecule has 1 N–H and O–H groups in total. The van der Waals surface area contributed by atoms with E-state index < -0.39 is 0 Å². The van der Waals surface area contributed by atoms with E-state index in [9.17, 15) is 9.59 Å². The Morgan fingerprint density at radius 1 is 1.00 bits per heavy atom. The summed E-state index contributed by atoms with van der Waals surface area (Å²) in [7, 11) is 0. The Bertz CT molecular complexity index is 353. The molecule has 0 aromatic rings. The lowest BCUT2D eigenvalue weighted by atomic mass is 10.0. The Labute approximate surface area is 128 Å². The summed E-state index contributed by atoms with van der Waals surface area (Å²) in [6.45, 7) is 3.20. The number of piperazine rings is 1. The van der Waals surface area contributed by atoms with Crippen LogP contribution in [-0.4, -0.2) is 35.8 Å². The molecule has 0 aromatic carbocycles. The minimum atomic E-state index is -0.171. The molecule has 4 heteroatoms. The van der Waals surface area contributed by atoms with Gasteiger partial charge in [0.25, 0.3) is 0 Å². The second-order valence-electron chi connectivity index (χ2n) is 6.56. The molecule has 0 aromatic heterocycles.